The second-order valence-electron chi connectivity index (χ2n) is 5.89. The van der Waals surface area contributed by atoms with Gasteiger partial charge in [0.15, 0.2) is 0 Å². The standard InChI is InChI=1S/C16H21N3O2S/c1-10-7-8-12(22-10)14-13(15(17)21-19-14)16(20)18-9-11-5-3-2-4-6-11/h7-8,11H,2-6,9,17H2,1H3,(H,18,20). The number of nitrogen functional groups attached to an aromatic ring is 1. The lowest BCUT2D eigenvalue weighted by molar-refractivity contribution is 0.0944. The average molecular weight is 319 g/mol. The number of rotatable bonds is 4. The van der Waals surface area contributed by atoms with Crippen molar-refractivity contribution in [1.29, 1.82) is 0 Å². The summed E-state index contributed by atoms with van der Waals surface area (Å²) in [4.78, 5) is 14.5. The van der Waals surface area contributed by atoms with Crippen LogP contribution in [0.25, 0.3) is 10.6 Å². The van der Waals surface area contributed by atoms with Crippen molar-refractivity contribution < 1.29 is 9.32 Å². The molecule has 2 aromatic rings. The van der Waals surface area contributed by atoms with Gasteiger partial charge in [-0.3, -0.25) is 4.79 Å². The Morgan fingerprint density at radius 3 is 2.86 bits per heavy atom. The van der Waals surface area contributed by atoms with Crippen LogP contribution in [-0.4, -0.2) is 17.6 Å². The van der Waals surface area contributed by atoms with Crippen LogP contribution in [0, 0.1) is 12.8 Å². The van der Waals surface area contributed by atoms with Gasteiger partial charge in [-0.1, -0.05) is 24.4 Å². The summed E-state index contributed by atoms with van der Waals surface area (Å²) in [5, 5.41) is 6.96. The van der Waals surface area contributed by atoms with E-state index in [1.165, 1.54) is 32.1 Å². The molecule has 118 valence electrons. The Balaban J connectivity index is 1.73. The zero-order chi connectivity index (χ0) is 15.5. The number of carbonyl (C=O) groups is 1. The molecule has 0 spiro atoms. The smallest absolute Gasteiger partial charge is 0.259 e. The summed E-state index contributed by atoms with van der Waals surface area (Å²) in [6.07, 6.45) is 6.21. The minimum absolute atomic E-state index is 0.0854. The van der Waals surface area contributed by atoms with Gasteiger partial charge in [-0.05, 0) is 37.8 Å². The van der Waals surface area contributed by atoms with Crippen molar-refractivity contribution in [1.82, 2.24) is 10.5 Å². The fourth-order valence-electron chi connectivity index (χ4n) is 2.97. The maximum atomic E-state index is 12.5. The van der Waals surface area contributed by atoms with Crippen molar-refractivity contribution >= 4 is 23.1 Å². The molecule has 3 N–H and O–H groups in total. The zero-order valence-electron chi connectivity index (χ0n) is 12.7. The molecule has 3 rings (SSSR count). The third-order valence-electron chi connectivity index (χ3n) is 4.20. The topological polar surface area (TPSA) is 81.2 Å². The van der Waals surface area contributed by atoms with Gasteiger partial charge in [-0.15, -0.1) is 11.3 Å². The molecule has 1 saturated carbocycles. The van der Waals surface area contributed by atoms with E-state index in [9.17, 15) is 4.79 Å². The van der Waals surface area contributed by atoms with Gasteiger partial charge < -0.3 is 15.6 Å². The molecule has 1 amide bonds. The van der Waals surface area contributed by atoms with Gasteiger partial charge in [0.25, 0.3) is 5.91 Å². The highest BCUT2D eigenvalue weighted by Crippen LogP contribution is 2.32. The normalized spacial score (nSPS) is 15.9. The van der Waals surface area contributed by atoms with Gasteiger partial charge >= 0.3 is 0 Å². The summed E-state index contributed by atoms with van der Waals surface area (Å²) < 4.78 is 5.05. The maximum Gasteiger partial charge on any atom is 0.259 e. The molecule has 0 aromatic carbocycles. The van der Waals surface area contributed by atoms with Crippen LogP contribution in [0.15, 0.2) is 16.7 Å². The van der Waals surface area contributed by atoms with E-state index >= 15 is 0 Å². The third-order valence-corrected chi connectivity index (χ3v) is 5.20. The SMILES string of the molecule is Cc1ccc(-c2noc(N)c2C(=O)NCC2CCCCC2)s1. The Hall–Kier alpha value is -1.82. The second-order valence-corrected chi connectivity index (χ2v) is 7.18. The lowest BCUT2D eigenvalue weighted by Crippen LogP contribution is -2.30. The van der Waals surface area contributed by atoms with Crippen LogP contribution < -0.4 is 11.1 Å². The Morgan fingerprint density at radius 2 is 2.18 bits per heavy atom. The van der Waals surface area contributed by atoms with Crippen molar-refractivity contribution in [3.8, 4) is 10.6 Å². The summed E-state index contributed by atoms with van der Waals surface area (Å²) in [6, 6.07) is 3.93. The first-order valence-electron chi connectivity index (χ1n) is 7.75. The van der Waals surface area contributed by atoms with E-state index in [4.69, 9.17) is 10.3 Å². The number of aromatic nitrogens is 1. The number of hydrogen-bond acceptors (Lipinski definition) is 5. The number of nitrogens with zero attached hydrogens (tertiary/aromatic N) is 1. The maximum absolute atomic E-state index is 12.5. The quantitative estimate of drug-likeness (QED) is 0.902. The van der Waals surface area contributed by atoms with Gasteiger partial charge in [-0.25, -0.2) is 0 Å². The van der Waals surface area contributed by atoms with Gasteiger partial charge in [0.05, 0.1) is 4.88 Å². The molecule has 0 atom stereocenters. The molecule has 0 unspecified atom stereocenters. The number of nitrogens with one attached hydrogen (secondary N) is 1. The number of aryl methyl sites for hydroxylation is 1. The van der Waals surface area contributed by atoms with Crippen molar-refractivity contribution in [2.24, 2.45) is 5.92 Å². The molecule has 1 fully saturated rings. The van der Waals surface area contributed by atoms with Gasteiger partial charge in [-0.2, -0.15) is 0 Å². The summed E-state index contributed by atoms with van der Waals surface area (Å²) >= 11 is 1.57. The molecule has 0 radical (unpaired) electrons. The molecule has 6 heteroatoms. The summed E-state index contributed by atoms with van der Waals surface area (Å²) in [6.45, 7) is 2.72. The molecule has 0 aliphatic heterocycles. The molecule has 2 heterocycles. The van der Waals surface area contributed by atoms with E-state index in [0.717, 1.165) is 9.75 Å². The van der Waals surface area contributed by atoms with Crippen molar-refractivity contribution in [3.05, 3.63) is 22.6 Å². The lowest BCUT2D eigenvalue weighted by atomic mass is 9.89. The first kappa shape index (κ1) is 15.1. The lowest BCUT2D eigenvalue weighted by Gasteiger charge is -2.21. The molecular weight excluding hydrogens is 298 g/mol. The van der Waals surface area contributed by atoms with E-state index in [2.05, 4.69) is 10.5 Å². The van der Waals surface area contributed by atoms with Gasteiger partial charge in [0.1, 0.15) is 11.3 Å². The van der Waals surface area contributed by atoms with Crippen LogP contribution in [0.2, 0.25) is 0 Å². The number of anilines is 1. The van der Waals surface area contributed by atoms with Gasteiger partial charge in [0.2, 0.25) is 5.88 Å². The Morgan fingerprint density at radius 1 is 1.41 bits per heavy atom. The van der Waals surface area contributed by atoms with Crippen molar-refractivity contribution in [2.45, 2.75) is 39.0 Å². The fourth-order valence-corrected chi connectivity index (χ4v) is 3.82. The Bertz CT molecular complexity index is 656. The molecule has 22 heavy (non-hydrogen) atoms. The molecule has 1 aliphatic carbocycles. The Labute approximate surface area is 133 Å². The van der Waals surface area contributed by atoms with Crippen LogP contribution in [-0.2, 0) is 0 Å². The zero-order valence-corrected chi connectivity index (χ0v) is 13.5. The molecule has 2 aromatic heterocycles. The number of carbonyl (C=O) groups excluding carboxylic acids is 1. The molecule has 1 aliphatic rings. The highest BCUT2D eigenvalue weighted by atomic mass is 32.1. The Kier molecular flexibility index (Phi) is 4.47. The van der Waals surface area contributed by atoms with Crippen LogP contribution >= 0.6 is 11.3 Å². The van der Waals surface area contributed by atoms with E-state index in [0.29, 0.717) is 23.7 Å². The summed E-state index contributed by atoms with van der Waals surface area (Å²) in [5.41, 5.74) is 6.71. The van der Waals surface area contributed by atoms with Gasteiger partial charge in [0, 0.05) is 11.4 Å². The fraction of sp³-hybridized carbons (Fsp3) is 0.500. The van der Waals surface area contributed by atoms with Crippen molar-refractivity contribution in [2.75, 3.05) is 12.3 Å². The number of hydrogen-bond donors (Lipinski definition) is 2. The van der Waals surface area contributed by atoms with E-state index in [1.54, 1.807) is 11.3 Å². The second kappa shape index (κ2) is 6.52. The number of thiophene rings is 1. The van der Waals surface area contributed by atoms with Crippen molar-refractivity contribution in [3.63, 3.8) is 0 Å². The van der Waals surface area contributed by atoms with Crippen LogP contribution in [0.1, 0.15) is 47.3 Å². The highest BCUT2D eigenvalue weighted by molar-refractivity contribution is 7.15. The molecule has 0 saturated heterocycles. The van der Waals surface area contributed by atoms with Crippen LogP contribution in [0.3, 0.4) is 0 Å². The number of nitrogens with two attached hydrogens (primary N) is 1. The average Bonchev–Trinajstić information content (AvgIpc) is 3.12. The predicted octanol–water partition coefficient (Wildman–Crippen LogP) is 3.60. The minimum atomic E-state index is -0.189. The highest BCUT2D eigenvalue weighted by Gasteiger charge is 2.24. The monoisotopic (exact) mass is 319 g/mol. The largest absolute Gasteiger partial charge is 0.367 e. The molecular formula is C16H21N3O2S. The third kappa shape index (κ3) is 3.16. The molecule has 0 bridgehead atoms. The summed E-state index contributed by atoms with van der Waals surface area (Å²) in [5.74, 6) is 0.471. The van der Waals surface area contributed by atoms with E-state index in [-0.39, 0.29) is 11.8 Å². The summed E-state index contributed by atoms with van der Waals surface area (Å²) in [7, 11) is 0. The first-order chi connectivity index (χ1) is 10.6. The molecule has 5 nitrogen and oxygen atoms in total. The minimum Gasteiger partial charge on any atom is -0.367 e. The first-order valence-corrected chi connectivity index (χ1v) is 8.57. The van der Waals surface area contributed by atoms with E-state index in [1.807, 2.05) is 19.1 Å². The number of amides is 1. The van der Waals surface area contributed by atoms with Crippen LogP contribution in [0.5, 0.6) is 0 Å². The predicted molar refractivity (Wildman–Crippen MR) is 87.9 cm³/mol. The van der Waals surface area contributed by atoms with E-state index < -0.39 is 0 Å². The van der Waals surface area contributed by atoms with Crippen LogP contribution in [0.4, 0.5) is 5.88 Å².